The van der Waals surface area contributed by atoms with Crippen LogP contribution < -0.4 is 5.73 Å². The molecule has 2 rings (SSSR count). The molecular formula is C12H16ClNOS. The summed E-state index contributed by atoms with van der Waals surface area (Å²) < 4.78 is 5.35. The van der Waals surface area contributed by atoms with E-state index >= 15 is 0 Å². The van der Waals surface area contributed by atoms with E-state index in [1.54, 1.807) is 0 Å². The second kappa shape index (κ2) is 5.92. The molecule has 1 aliphatic rings. The molecule has 0 radical (unpaired) electrons. The van der Waals surface area contributed by atoms with Gasteiger partial charge in [0.05, 0.1) is 5.02 Å². The van der Waals surface area contributed by atoms with Crippen molar-refractivity contribution in [1.82, 2.24) is 0 Å². The Morgan fingerprint density at radius 2 is 2.12 bits per heavy atom. The fourth-order valence-electron chi connectivity index (χ4n) is 1.81. The molecule has 1 aliphatic heterocycles. The smallest absolute Gasteiger partial charge is 0.0545 e. The van der Waals surface area contributed by atoms with Crippen LogP contribution in [0.4, 0.5) is 0 Å². The number of halogens is 1. The van der Waals surface area contributed by atoms with Crippen LogP contribution in [0.25, 0.3) is 0 Å². The van der Waals surface area contributed by atoms with Crippen LogP contribution in [0.5, 0.6) is 0 Å². The molecule has 1 aromatic rings. The highest BCUT2D eigenvalue weighted by Gasteiger charge is 2.17. The third-order valence-electron chi connectivity index (χ3n) is 2.72. The molecule has 0 spiro atoms. The molecule has 0 unspecified atom stereocenters. The van der Waals surface area contributed by atoms with Crippen LogP contribution >= 0.6 is 23.4 Å². The maximum absolute atomic E-state index is 6.22. The maximum Gasteiger partial charge on any atom is 0.0545 e. The largest absolute Gasteiger partial charge is 0.381 e. The third-order valence-corrected chi connectivity index (χ3v) is 4.67. The van der Waals surface area contributed by atoms with Crippen molar-refractivity contribution in [3.8, 4) is 0 Å². The molecule has 0 saturated carbocycles. The first-order chi connectivity index (χ1) is 7.81. The van der Waals surface area contributed by atoms with E-state index in [4.69, 9.17) is 22.1 Å². The number of hydrogen-bond donors (Lipinski definition) is 1. The first kappa shape index (κ1) is 12.2. The molecule has 16 heavy (non-hydrogen) atoms. The second-order valence-corrected chi connectivity index (χ2v) is 5.58. The number of thioether (sulfide) groups is 1. The Labute approximate surface area is 105 Å². The molecule has 1 aromatic carbocycles. The van der Waals surface area contributed by atoms with Crippen LogP contribution in [-0.4, -0.2) is 18.5 Å². The topological polar surface area (TPSA) is 35.2 Å². The second-order valence-electron chi connectivity index (χ2n) is 3.86. The van der Waals surface area contributed by atoms with Crippen molar-refractivity contribution in [2.45, 2.75) is 29.5 Å². The SMILES string of the molecule is NCc1cccc(Cl)c1SC1CCOCC1. The summed E-state index contributed by atoms with van der Waals surface area (Å²) >= 11 is 8.07. The van der Waals surface area contributed by atoms with Gasteiger partial charge in [-0.1, -0.05) is 23.7 Å². The summed E-state index contributed by atoms with van der Waals surface area (Å²) in [6, 6.07) is 5.94. The molecule has 0 amide bonds. The summed E-state index contributed by atoms with van der Waals surface area (Å²) in [5, 5.41) is 1.43. The molecule has 1 fully saturated rings. The monoisotopic (exact) mass is 257 g/mol. The summed E-state index contributed by atoms with van der Waals surface area (Å²) in [6.45, 7) is 2.27. The average molecular weight is 258 g/mol. The van der Waals surface area contributed by atoms with Gasteiger partial charge in [-0.05, 0) is 24.5 Å². The van der Waals surface area contributed by atoms with E-state index in [0.717, 1.165) is 41.5 Å². The molecule has 1 saturated heterocycles. The molecule has 0 bridgehead atoms. The highest BCUT2D eigenvalue weighted by molar-refractivity contribution is 8.00. The first-order valence-corrected chi connectivity index (χ1v) is 6.79. The predicted octanol–water partition coefficient (Wildman–Crippen LogP) is 3.07. The fourth-order valence-corrected chi connectivity index (χ4v) is 3.38. The Balaban J connectivity index is 2.12. The van der Waals surface area contributed by atoms with Gasteiger partial charge in [-0.3, -0.25) is 0 Å². The third kappa shape index (κ3) is 2.92. The Morgan fingerprint density at radius 3 is 2.81 bits per heavy atom. The summed E-state index contributed by atoms with van der Waals surface area (Å²) in [6.07, 6.45) is 2.19. The van der Waals surface area contributed by atoms with Crippen LogP contribution in [0.2, 0.25) is 5.02 Å². The number of nitrogens with two attached hydrogens (primary N) is 1. The van der Waals surface area contributed by atoms with Gasteiger partial charge in [-0.25, -0.2) is 0 Å². The molecule has 2 nitrogen and oxygen atoms in total. The Kier molecular flexibility index (Phi) is 4.53. The number of benzene rings is 1. The summed E-state index contributed by atoms with van der Waals surface area (Å²) in [5.41, 5.74) is 6.87. The summed E-state index contributed by atoms with van der Waals surface area (Å²) in [4.78, 5) is 1.15. The van der Waals surface area contributed by atoms with Crippen LogP contribution in [0.3, 0.4) is 0 Å². The van der Waals surface area contributed by atoms with E-state index in [1.165, 1.54) is 0 Å². The zero-order chi connectivity index (χ0) is 11.4. The minimum absolute atomic E-state index is 0.548. The minimum atomic E-state index is 0.548. The number of hydrogen-bond acceptors (Lipinski definition) is 3. The van der Waals surface area contributed by atoms with Crippen LogP contribution in [-0.2, 0) is 11.3 Å². The molecule has 1 heterocycles. The van der Waals surface area contributed by atoms with Gasteiger partial charge in [0, 0.05) is 29.9 Å². The lowest BCUT2D eigenvalue weighted by Crippen LogP contribution is -2.17. The van der Waals surface area contributed by atoms with Crippen molar-refractivity contribution in [1.29, 1.82) is 0 Å². The van der Waals surface area contributed by atoms with E-state index in [9.17, 15) is 0 Å². The lowest BCUT2D eigenvalue weighted by molar-refractivity contribution is 0.100. The van der Waals surface area contributed by atoms with Crippen molar-refractivity contribution >= 4 is 23.4 Å². The maximum atomic E-state index is 6.22. The normalized spacial score (nSPS) is 17.6. The van der Waals surface area contributed by atoms with Gasteiger partial charge >= 0.3 is 0 Å². The molecule has 88 valence electrons. The van der Waals surface area contributed by atoms with Gasteiger partial charge in [0.15, 0.2) is 0 Å². The van der Waals surface area contributed by atoms with E-state index in [1.807, 2.05) is 30.0 Å². The summed E-state index contributed by atoms with van der Waals surface area (Å²) in [7, 11) is 0. The Bertz CT molecular complexity index is 353. The quantitative estimate of drug-likeness (QED) is 0.904. The minimum Gasteiger partial charge on any atom is -0.381 e. The molecule has 0 aliphatic carbocycles. The van der Waals surface area contributed by atoms with Crippen LogP contribution in [0, 0.1) is 0 Å². The van der Waals surface area contributed by atoms with Gasteiger partial charge in [-0.15, -0.1) is 11.8 Å². The van der Waals surface area contributed by atoms with Gasteiger partial charge in [-0.2, -0.15) is 0 Å². The van der Waals surface area contributed by atoms with Crippen LogP contribution in [0.1, 0.15) is 18.4 Å². The van der Waals surface area contributed by atoms with Gasteiger partial charge in [0.25, 0.3) is 0 Å². The van der Waals surface area contributed by atoms with Gasteiger partial charge < -0.3 is 10.5 Å². The Hall–Kier alpha value is -0.220. The lowest BCUT2D eigenvalue weighted by Gasteiger charge is -2.22. The first-order valence-electron chi connectivity index (χ1n) is 5.53. The fraction of sp³-hybridized carbons (Fsp3) is 0.500. The Morgan fingerprint density at radius 1 is 1.38 bits per heavy atom. The zero-order valence-electron chi connectivity index (χ0n) is 9.12. The lowest BCUT2D eigenvalue weighted by atomic mass is 10.2. The van der Waals surface area contributed by atoms with E-state index in [2.05, 4.69) is 0 Å². The molecular weight excluding hydrogens is 242 g/mol. The van der Waals surface area contributed by atoms with Crippen molar-refractivity contribution in [3.05, 3.63) is 28.8 Å². The average Bonchev–Trinajstić information content (AvgIpc) is 2.33. The number of ether oxygens (including phenoxy) is 1. The van der Waals surface area contributed by atoms with E-state index in [0.29, 0.717) is 11.8 Å². The zero-order valence-corrected chi connectivity index (χ0v) is 10.7. The van der Waals surface area contributed by atoms with E-state index < -0.39 is 0 Å². The van der Waals surface area contributed by atoms with Crippen LogP contribution in [0.15, 0.2) is 23.1 Å². The van der Waals surface area contributed by atoms with Gasteiger partial charge in [0.1, 0.15) is 0 Å². The van der Waals surface area contributed by atoms with Crippen molar-refractivity contribution in [2.24, 2.45) is 5.73 Å². The van der Waals surface area contributed by atoms with Crippen molar-refractivity contribution in [2.75, 3.05) is 13.2 Å². The van der Waals surface area contributed by atoms with E-state index in [-0.39, 0.29) is 0 Å². The van der Waals surface area contributed by atoms with Crippen molar-refractivity contribution < 1.29 is 4.74 Å². The number of rotatable bonds is 3. The molecule has 4 heteroatoms. The molecule has 0 aromatic heterocycles. The highest BCUT2D eigenvalue weighted by atomic mass is 35.5. The summed E-state index contributed by atoms with van der Waals surface area (Å²) in [5.74, 6) is 0. The van der Waals surface area contributed by atoms with Gasteiger partial charge in [0.2, 0.25) is 0 Å². The van der Waals surface area contributed by atoms with Crippen molar-refractivity contribution in [3.63, 3.8) is 0 Å². The highest BCUT2D eigenvalue weighted by Crippen LogP contribution is 2.36. The predicted molar refractivity (Wildman–Crippen MR) is 69.0 cm³/mol. The standard InChI is InChI=1S/C12H16ClNOS/c13-11-3-1-2-9(8-14)12(11)16-10-4-6-15-7-5-10/h1-3,10H,4-8,14H2. The molecule has 2 N–H and O–H groups in total. The molecule has 0 atom stereocenters.